The zero-order valence-electron chi connectivity index (χ0n) is 9.36. The van der Waals surface area contributed by atoms with Crippen LogP contribution in [0.3, 0.4) is 0 Å². The fraction of sp³-hybridized carbons (Fsp3) is 0.571. The van der Waals surface area contributed by atoms with Crippen LogP contribution in [0.2, 0.25) is 0 Å². The largest absolute Gasteiger partial charge is 2.00 e. The Bertz CT molecular complexity index is 153. The zero-order chi connectivity index (χ0) is 11.4. The monoisotopic (exact) mass is 254 g/mol. The van der Waals surface area contributed by atoms with Gasteiger partial charge in [0, 0.05) is 17.9 Å². The van der Waals surface area contributed by atoms with Crippen LogP contribution in [0.15, 0.2) is 0 Å². The van der Waals surface area contributed by atoms with Crippen molar-refractivity contribution in [2.75, 3.05) is 0 Å². The molecule has 0 unspecified atom stereocenters. The summed E-state index contributed by atoms with van der Waals surface area (Å²) >= 11 is 0. The summed E-state index contributed by atoms with van der Waals surface area (Å²) in [5.74, 6) is -3.16. The van der Waals surface area contributed by atoms with Crippen molar-refractivity contribution in [3.05, 3.63) is 0 Å². The molecule has 0 radical (unpaired) electrons. The van der Waals surface area contributed by atoms with Crippen LogP contribution in [-0.4, -0.2) is 55.6 Å². The van der Waals surface area contributed by atoms with Gasteiger partial charge >= 0.3 is 67.3 Å². The average Bonchev–Trinajstić information content (AvgIpc) is 1.84. The maximum absolute atomic E-state index is 9.26. The first-order chi connectivity index (χ1) is 5.73. The van der Waals surface area contributed by atoms with E-state index < -0.39 is 17.9 Å². The number of aliphatic carboxylic acids is 3. The van der Waals surface area contributed by atoms with Gasteiger partial charge in [0.15, 0.2) is 0 Å². The van der Waals surface area contributed by atoms with Crippen molar-refractivity contribution in [1.29, 1.82) is 0 Å². The SMILES string of the molecule is CC(=O)[O-].CC(=O)[O-].CCC(=O)[O-].[Ca+2].[Na+]. The van der Waals surface area contributed by atoms with E-state index in [9.17, 15) is 9.90 Å². The molecule has 0 saturated carbocycles. The first-order valence-electron chi connectivity index (χ1n) is 3.29. The molecule has 0 fully saturated rings. The van der Waals surface area contributed by atoms with E-state index in [-0.39, 0.29) is 73.7 Å². The van der Waals surface area contributed by atoms with Gasteiger partial charge in [-0.05, 0) is 20.3 Å². The van der Waals surface area contributed by atoms with E-state index in [1.807, 2.05) is 0 Å². The minimum absolute atomic E-state index is 0. The molecule has 78 valence electrons. The molecule has 0 saturated heterocycles. The Kier molecular flexibility index (Phi) is 47.5. The molecule has 0 aromatic heterocycles. The van der Waals surface area contributed by atoms with Crippen molar-refractivity contribution in [1.82, 2.24) is 0 Å². The minimum Gasteiger partial charge on any atom is -0.550 e. The van der Waals surface area contributed by atoms with Gasteiger partial charge in [-0.15, -0.1) is 0 Å². The molecule has 0 aliphatic carbocycles. The fourth-order valence-electron chi connectivity index (χ4n) is 0. The van der Waals surface area contributed by atoms with Crippen LogP contribution in [0.4, 0.5) is 0 Å². The Morgan fingerprint density at radius 3 is 1.00 bits per heavy atom. The summed E-state index contributed by atoms with van der Waals surface area (Å²) in [6.07, 6.45) is 0.111. The maximum atomic E-state index is 9.26. The molecule has 0 atom stereocenters. The van der Waals surface area contributed by atoms with E-state index in [1.54, 1.807) is 0 Å². The molecule has 0 bridgehead atoms. The Morgan fingerprint density at radius 2 is 1.00 bits per heavy atom. The van der Waals surface area contributed by atoms with Gasteiger partial charge in [-0.25, -0.2) is 0 Å². The summed E-state index contributed by atoms with van der Waals surface area (Å²) in [6.45, 7) is 3.48. The zero-order valence-corrected chi connectivity index (χ0v) is 13.6. The summed E-state index contributed by atoms with van der Waals surface area (Å²) in [5, 5.41) is 27.0. The smallest absolute Gasteiger partial charge is 0.550 e. The van der Waals surface area contributed by atoms with Gasteiger partial charge < -0.3 is 29.7 Å². The summed E-state index contributed by atoms with van der Waals surface area (Å²) in [7, 11) is 0. The molecule has 0 aromatic carbocycles. The molecule has 0 rings (SSSR count). The van der Waals surface area contributed by atoms with Crippen LogP contribution in [0.25, 0.3) is 0 Å². The van der Waals surface area contributed by atoms with E-state index >= 15 is 0 Å². The second-order valence-electron chi connectivity index (χ2n) is 1.71. The summed E-state index contributed by atoms with van der Waals surface area (Å²) in [5.41, 5.74) is 0. The van der Waals surface area contributed by atoms with Crippen molar-refractivity contribution < 1.29 is 59.3 Å². The molecule has 6 nitrogen and oxygen atoms in total. The Morgan fingerprint density at radius 1 is 0.933 bits per heavy atom. The van der Waals surface area contributed by atoms with Gasteiger partial charge in [0.2, 0.25) is 0 Å². The molecule has 0 aliphatic heterocycles. The van der Waals surface area contributed by atoms with Crippen molar-refractivity contribution >= 4 is 55.6 Å². The molecule has 0 spiro atoms. The molecule has 0 N–H and O–H groups in total. The molecular formula is C7H11CaNaO6. The van der Waals surface area contributed by atoms with Crippen LogP contribution < -0.4 is 44.9 Å². The molecule has 15 heavy (non-hydrogen) atoms. The molecule has 0 aliphatic rings. The standard InChI is InChI=1S/C3H6O2.2C2H4O2.Ca.Na/c1-2-3(4)5;2*1-2(3)4;;/h2H2,1H3,(H,4,5);2*1H3,(H,3,4);;/q;;;+2;+1/p-3. The van der Waals surface area contributed by atoms with Gasteiger partial charge in [0.1, 0.15) is 0 Å². The first-order valence-corrected chi connectivity index (χ1v) is 3.29. The number of carbonyl (C=O) groups is 3. The summed E-state index contributed by atoms with van der Waals surface area (Å²) < 4.78 is 0. The predicted octanol–water partition coefficient (Wildman–Crippen LogP) is -6.72. The maximum Gasteiger partial charge on any atom is 2.00 e. The second-order valence-corrected chi connectivity index (χ2v) is 1.71. The van der Waals surface area contributed by atoms with Crippen molar-refractivity contribution in [3.63, 3.8) is 0 Å². The van der Waals surface area contributed by atoms with Crippen LogP contribution in [0.5, 0.6) is 0 Å². The molecule has 8 heteroatoms. The second kappa shape index (κ2) is 24.1. The Hall–Kier alpha value is 0.670. The summed E-state index contributed by atoms with van der Waals surface area (Å²) in [6, 6.07) is 0. The van der Waals surface area contributed by atoms with E-state index in [2.05, 4.69) is 0 Å². The first kappa shape index (κ1) is 29.6. The van der Waals surface area contributed by atoms with Crippen molar-refractivity contribution in [3.8, 4) is 0 Å². The van der Waals surface area contributed by atoms with Gasteiger partial charge in [-0.2, -0.15) is 0 Å². The third-order valence-electron chi connectivity index (χ3n) is 0.289. The molecule has 0 amide bonds. The number of hydrogen-bond acceptors (Lipinski definition) is 6. The minimum atomic E-state index is -1.08. The van der Waals surface area contributed by atoms with Crippen molar-refractivity contribution in [2.45, 2.75) is 27.2 Å². The third kappa shape index (κ3) is 330. The van der Waals surface area contributed by atoms with Gasteiger partial charge in [-0.3, -0.25) is 0 Å². The summed E-state index contributed by atoms with van der Waals surface area (Å²) in [4.78, 5) is 27.0. The number of hydrogen-bond donors (Lipinski definition) is 0. The number of carboxylic acids is 3. The van der Waals surface area contributed by atoms with Crippen molar-refractivity contribution in [2.24, 2.45) is 0 Å². The molecule has 0 aromatic rings. The number of carbonyl (C=O) groups excluding carboxylic acids is 3. The van der Waals surface area contributed by atoms with Gasteiger partial charge in [0.05, 0.1) is 0 Å². The quantitative estimate of drug-likeness (QED) is 0.429. The van der Waals surface area contributed by atoms with Crippen LogP contribution in [-0.2, 0) is 14.4 Å². The normalized spacial score (nSPS) is 5.80. The average molecular weight is 254 g/mol. The fourth-order valence-corrected chi connectivity index (χ4v) is 0. The Balaban J connectivity index is -0.0000000315. The predicted molar refractivity (Wildman–Crippen MR) is 42.4 cm³/mol. The van der Waals surface area contributed by atoms with E-state index in [0.717, 1.165) is 13.8 Å². The van der Waals surface area contributed by atoms with Gasteiger partial charge in [0.25, 0.3) is 0 Å². The van der Waals surface area contributed by atoms with E-state index in [1.165, 1.54) is 6.92 Å². The number of rotatable bonds is 1. The van der Waals surface area contributed by atoms with Crippen LogP contribution >= 0.6 is 0 Å². The van der Waals surface area contributed by atoms with Crippen LogP contribution in [0, 0.1) is 0 Å². The van der Waals surface area contributed by atoms with E-state index in [0.29, 0.717) is 0 Å². The number of carboxylic acid groups (broad SMARTS) is 3. The Labute approximate surface area is 140 Å². The third-order valence-corrected chi connectivity index (χ3v) is 0.289. The molecular weight excluding hydrogens is 243 g/mol. The topological polar surface area (TPSA) is 120 Å². The van der Waals surface area contributed by atoms with E-state index in [4.69, 9.17) is 19.8 Å². The van der Waals surface area contributed by atoms with Gasteiger partial charge in [-0.1, -0.05) is 6.92 Å². The molecule has 0 heterocycles. The van der Waals surface area contributed by atoms with Crippen LogP contribution in [0.1, 0.15) is 27.2 Å².